The highest BCUT2D eigenvalue weighted by atomic mass is 31.1. The minimum atomic E-state index is -0.876. The van der Waals surface area contributed by atoms with Gasteiger partial charge in [0.2, 0.25) is 0 Å². The molecule has 2 heteroatoms. The Morgan fingerprint density at radius 3 is 1.30 bits per heavy atom. The molecule has 216 valence electrons. The fourth-order valence-corrected chi connectivity index (χ4v) is 11.4. The molecule has 0 aromatic heterocycles. The lowest BCUT2D eigenvalue weighted by Gasteiger charge is -2.28. The van der Waals surface area contributed by atoms with Crippen molar-refractivity contribution >= 4 is 69.2 Å². The highest BCUT2D eigenvalue weighted by Gasteiger charge is 2.28. The SMILES string of the molecule is c1ccc2c(-c3c(P(c4ccccc4)c4ccccc4)ccc4ccccc34)c(P(c3ccccc3)c3ccccc3)ccc2c#1. The van der Waals surface area contributed by atoms with Crippen molar-refractivity contribution in [3.8, 4) is 11.1 Å². The van der Waals surface area contributed by atoms with Gasteiger partial charge in [-0.2, -0.15) is 0 Å². The summed E-state index contributed by atoms with van der Waals surface area (Å²) in [5, 5.41) is 12.9. The molecule has 0 aliphatic heterocycles. The van der Waals surface area contributed by atoms with Crippen molar-refractivity contribution in [2.24, 2.45) is 0 Å². The third-order valence-electron chi connectivity index (χ3n) is 8.46. The van der Waals surface area contributed by atoms with E-state index in [4.69, 9.17) is 0 Å². The minimum Gasteiger partial charge on any atom is -0.0696 e. The number of fused-ring (bicyclic) bond motifs is 2. The van der Waals surface area contributed by atoms with Crippen molar-refractivity contribution < 1.29 is 0 Å². The minimum absolute atomic E-state index is 0.870. The predicted octanol–water partition coefficient (Wildman–Crippen LogP) is 8.78. The van der Waals surface area contributed by atoms with Crippen molar-refractivity contribution in [2.45, 2.75) is 0 Å². The van der Waals surface area contributed by atoms with Crippen LogP contribution in [0.1, 0.15) is 0 Å². The third-order valence-corrected chi connectivity index (χ3v) is 13.4. The summed E-state index contributed by atoms with van der Waals surface area (Å²) >= 11 is 0. The van der Waals surface area contributed by atoms with Gasteiger partial charge in [-0.3, -0.25) is 0 Å². The van der Waals surface area contributed by atoms with Crippen LogP contribution in [0.15, 0.2) is 182 Å². The molecule has 8 aromatic carbocycles. The molecule has 0 fully saturated rings. The molecular weight excluding hydrogens is 590 g/mol. The van der Waals surface area contributed by atoms with Crippen LogP contribution in [0.3, 0.4) is 0 Å². The van der Waals surface area contributed by atoms with Gasteiger partial charge < -0.3 is 0 Å². The van der Waals surface area contributed by atoms with E-state index in [1.807, 2.05) is 6.07 Å². The molecule has 0 spiro atoms. The summed E-state index contributed by atoms with van der Waals surface area (Å²) in [5.74, 6) is 0. The van der Waals surface area contributed by atoms with Crippen LogP contribution in [0.4, 0.5) is 0 Å². The first-order chi connectivity index (χ1) is 22.9. The highest BCUT2D eigenvalue weighted by Crippen LogP contribution is 2.45. The van der Waals surface area contributed by atoms with E-state index in [9.17, 15) is 0 Å². The molecule has 0 N–H and O–H groups in total. The number of rotatable bonds is 7. The van der Waals surface area contributed by atoms with E-state index < -0.39 is 15.8 Å². The van der Waals surface area contributed by atoms with Crippen LogP contribution >= 0.6 is 15.8 Å². The van der Waals surface area contributed by atoms with Crippen LogP contribution in [-0.2, 0) is 0 Å². The van der Waals surface area contributed by atoms with E-state index >= 15 is 0 Å². The van der Waals surface area contributed by atoms with E-state index in [1.165, 1.54) is 59.1 Å². The van der Waals surface area contributed by atoms with E-state index in [-0.39, 0.29) is 0 Å². The summed E-state index contributed by atoms with van der Waals surface area (Å²) in [6.07, 6.45) is 0. The molecule has 8 aromatic rings. The van der Waals surface area contributed by atoms with Crippen LogP contribution in [0, 0.1) is 12.1 Å². The lowest BCUT2D eigenvalue weighted by atomic mass is 9.94. The largest absolute Gasteiger partial charge is 0.0696 e. The van der Waals surface area contributed by atoms with Crippen LogP contribution in [0.5, 0.6) is 0 Å². The van der Waals surface area contributed by atoms with Crippen molar-refractivity contribution in [3.63, 3.8) is 0 Å². The second-order valence-electron chi connectivity index (χ2n) is 11.2. The number of hydrogen-bond donors (Lipinski definition) is 0. The summed E-state index contributed by atoms with van der Waals surface area (Å²) in [7, 11) is -1.75. The van der Waals surface area contributed by atoms with Gasteiger partial charge >= 0.3 is 0 Å². The molecule has 0 aliphatic rings. The Bertz CT molecular complexity index is 2000. The van der Waals surface area contributed by atoms with Gasteiger partial charge in [0, 0.05) is 5.39 Å². The maximum Gasteiger partial charge on any atom is 0.0328 e. The smallest absolute Gasteiger partial charge is 0.0328 e. The lowest BCUT2D eigenvalue weighted by molar-refractivity contribution is 1.72. The topological polar surface area (TPSA) is 0 Å². The molecule has 0 heterocycles. The molecule has 0 nitrogen and oxygen atoms in total. The maximum absolute atomic E-state index is 3.45. The summed E-state index contributed by atoms with van der Waals surface area (Å²) in [6.45, 7) is 0. The average Bonchev–Trinajstić information content (AvgIpc) is 3.14. The predicted molar refractivity (Wildman–Crippen MR) is 202 cm³/mol. The van der Waals surface area contributed by atoms with E-state index in [1.54, 1.807) is 0 Å². The zero-order chi connectivity index (χ0) is 30.7. The van der Waals surface area contributed by atoms with Crippen LogP contribution in [-0.4, -0.2) is 0 Å². The standard InChI is InChI=1S/C44H30P2/c1-5-19-35(20-6-1)45(36-21-7-2-8-22-36)41-31-29-33-17-13-15-27-39(33)43(41)44-40-28-16-14-18-34(40)30-32-42(44)46(37-23-9-3-10-24-37)38-25-11-4-12-26-38/h1-13,15-17,19-32H. The van der Waals surface area contributed by atoms with E-state index in [0.29, 0.717) is 0 Å². The summed E-state index contributed by atoms with van der Waals surface area (Å²) in [4.78, 5) is 0. The molecular formula is C44H30P2. The Morgan fingerprint density at radius 1 is 0.348 bits per heavy atom. The summed E-state index contributed by atoms with van der Waals surface area (Å²) in [5.41, 5.74) is 2.62. The Balaban J connectivity index is 1.53. The zero-order valence-electron chi connectivity index (χ0n) is 25.2. The molecule has 46 heavy (non-hydrogen) atoms. The van der Waals surface area contributed by atoms with Crippen LogP contribution in [0.25, 0.3) is 32.7 Å². The monoisotopic (exact) mass is 620 g/mol. The zero-order valence-corrected chi connectivity index (χ0v) is 27.0. The second-order valence-corrected chi connectivity index (χ2v) is 15.6. The van der Waals surface area contributed by atoms with Gasteiger partial charge in [0.15, 0.2) is 0 Å². The van der Waals surface area contributed by atoms with E-state index in [2.05, 4.69) is 188 Å². The molecule has 0 aliphatic carbocycles. The molecule has 0 saturated heterocycles. The quantitative estimate of drug-likeness (QED) is 0.156. The molecule has 0 radical (unpaired) electrons. The van der Waals surface area contributed by atoms with Gasteiger partial charge in [-0.05, 0) is 93.2 Å². The Labute approximate surface area is 273 Å². The summed E-state index contributed by atoms with van der Waals surface area (Å²) < 4.78 is 0. The van der Waals surface area contributed by atoms with Gasteiger partial charge in [-0.1, -0.05) is 176 Å². The Morgan fingerprint density at radius 2 is 0.783 bits per heavy atom. The first kappa shape index (κ1) is 28.4. The third kappa shape index (κ3) is 5.30. The fourth-order valence-electron chi connectivity index (χ4n) is 6.46. The maximum atomic E-state index is 3.45. The van der Waals surface area contributed by atoms with Crippen molar-refractivity contribution in [1.29, 1.82) is 0 Å². The first-order valence-corrected chi connectivity index (χ1v) is 18.2. The fraction of sp³-hybridized carbons (Fsp3) is 0. The Kier molecular flexibility index (Phi) is 7.88. The van der Waals surface area contributed by atoms with Gasteiger partial charge in [0.25, 0.3) is 0 Å². The number of hydrogen-bond acceptors (Lipinski definition) is 0. The molecule has 0 unspecified atom stereocenters. The molecule has 0 amide bonds. The molecule has 0 atom stereocenters. The van der Waals surface area contributed by atoms with Gasteiger partial charge in [-0.25, -0.2) is 0 Å². The van der Waals surface area contributed by atoms with Gasteiger partial charge in [0.05, 0.1) is 0 Å². The Hall–Kier alpha value is -5.04. The van der Waals surface area contributed by atoms with Crippen LogP contribution in [0.2, 0.25) is 0 Å². The molecule has 0 bridgehead atoms. The summed E-state index contributed by atoms with van der Waals surface area (Å²) in [6, 6.07) is 73.4. The van der Waals surface area contributed by atoms with Crippen molar-refractivity contribution in [2.75, 3.05) is 0 Å². The van der Waals surface area contributed by atoms with Crippen molar-refractivity contribution in [1.82, 2.24) is 0 Å². The average molecular weight is 621 g/mol. The van der Waals surface area contributed by atoms with Crippen molar-refractivity contribution in [3.05, 3.63) is 194 Å². The highest BCUT2D eigenvalue weighted by molar-refractivity contribution is 7.80. The van der Waals surface area contributed by atoms with Gasteiger partial charge in [0.1, 0.15) is 0 Å². The van der Waals surface area contributed by atoms with Gasteiger partial charge in [-0.15, -0.1) is 0 Å². The normalized spacial score (nSPS) is 11.3. The number of benzene rings is 7. The second kappa shape index (κ2) is 12.8. The van der Waals surface area contributed by atoms with E-state index in [0.717, 1.165) is 5.39 Å². The first-order valence-electron chi connectivity index (χ1n) is 15.5. The lowest BCUT2D eigenvalue weighted by Crippen LogP contribution is -2.26. The van der Waals surface area contributed by atoms with Crippen LogP contribution < -0.4 is 31.8 Å². The molecule has 0 saturated carbocycles. The molecule has 8 rings (SSSR count).